The summed E-state index contributed by atoms with van der Waals surface area (Å²) in [4.78, 5) is 40.2. The number of carbonyl (C=O) groups is 1. The third kappa shape index (κ3) is 5.68. The Balaban J connectivity index is 1.61. The molecule has 10 heteroatoms. The molecule has 0 amide bonds. The Morgan fingerprint density at radius 1 is 0.810 bits per heavy atom. The second-order valence-corrected chi connectivity index (χ2v) is 11.2. The first kappa shape index (κ1) is 29.1. The standard InChI is InChI=1S/C32H33BN2O7/c1-31(2)32(3,4)42-33(41-31)24-18-16-22(17-19-24)20-26-27(36)35(25-14-10-7-11-15-25)29(37)34(28(26)40-30(38)39-5)21-23-12-8-6-9-13-23/h6-19H,20-21H2,1-5H3. The predicted octanol–water partition coefficient (Wildman–Crippen LogP) is 4.08. The molecule has 0 radical (unpaired) electrons. The van der Waals surface area contributed by atoms with Gasteiger partial charge in [0, 0.05) is 6.42 Å². The minimum absolute atomic E-state index is 0.0625. The molecule has 0 saturated carbocycles. The Labute approximate surface area is 244 Å². The second kappa shape index (κ2) is 11.5. The van der Waals surface area contributed by atoms with Gasteiger partial charge in [-0.15, -0.1) is 0 Å². The van der Waals surface area contributed by atoms with Gasteiger partial charge >= 0.3 is 19.0 Å². The highest BCUT2D eigenvalue weighted by molar-refractivity contribution is 6.62. The van der Waals surface area contributed by atoms with Crippen LogP contribution in [0.25, 0.3) is 5.69 Å². The van der Waals surface area contributed by atoms with Crippen molar-refractivity contribution < 1.29 is 23.6 Å². The molecule has 1 saturated heterocycles. The maximum atomic E-state index is 14.0. The lowest BCUT2D eigenvalue weighted by molar-refractivity contribution is 0.00578. The number of aromatic nitrogens is 2. The number of ether oxygens (including phenoxy) is 2. The molecule has 0 spiro atoms. The molecular formula is C32H33BN2O7. The number of benzene rings is 3. The molecule has 4 aromatic rings. The number of hydrogen-bond donors (Lipinski definition) is 0. The molecule has 42 heavy (non-hydrogen) atoms. The van der Waals surface area contributed by atoms with Gasteiger partial charge in [0.1, 0.15) is 0 Å². The fourth-order valence-electron chi connectivity index (χ4n) is 4.76. The number of hydrogen-bond acceptors (Lipinski definition) is 7. The summed E-state index contributed by atoms with van der Waals surface area (Å²) in [7, 11) is 0.631. The molecule has 9 nitrogen and oxygen atoms in total. The molecular weight excluding hydrogens is 535 g/mol. The van der Waals surface area contributed by atoms with Gasteiger partial charge in [-0.3, -0.25) is 9.36 Å². The third-order valence-electron chi connectivity index (χ3n) is 7.82. The minimum Gasteiger partial charge on any atom is -0.437 e. The molecule has 3 aromatic carbocycles. The quantitative estimate of drug-likeness (QED) is 0.245. The van der Waals surface area contributed by atoms with E-state index in [1.807, 2.05) is 82.3 Å². The molecule has 0 bridgehead atoms. The van der Waals surface area contributed by atoms with Crippen molar-refractivity contribution in [3.8, 4) is 11.6 Å². The zero-order valence-electron chi connectivity index (χ0n) is 24.3. The van der Waals surface area contributed by atoms with E-state index in [2.05, 4.69) is 0 Å². The first-order valence-electron chi connectivity index (χ1n) is 13.7. The minimum atomic E-state index is -1.04. The van der Waals surface area contributed by atoms with Gasteiger partial charge in [0.2, 0.25) is 5.88 Å². The molecule has 5 rings (SSSR count). The van der Waals surface area contributed by atoms with E-state index in [4.69, 9.17) is 18.8 Å². The Kier molecular flexibility index (Phi) is 7.94. The van der Waals surface area contributed by atoms with Crippen LogP contribution in [0.4, 0.5) is 4.79 Å². The molecule has 216 valence electrons. The topological polar surface area (TPSA) is 98.0 Å². The van der Waals surface area contributed by atoms with E-state index in [9.17, 15) is 14.4 Å². The van der Waals surface area contributed by atoms with Crippen LogP contribution in [-0.4, -0.2) is 40.7 Å². The van der Waals surface area contributed by atoms with Crippen molar-refractivity contribution in [2.75, 3.05) is 7.11 Å². The van der Waals surface area contributed by atoms with Gasteiger partial charge in [-0.05, 0) is 56.4 Å². The van der Waals surface area contributed by atoms with Crippen LogP contribution in [0.3, 0.4) is 0 Å². The summed E-state index contributed by atoms with van der Waals surface area (Å²) >= 11 is 0. The Hall–Kier alpha value is -4.41. The van der Waals surface area contributed by atoms with Crippen molar-refractivity contribution >= 4 is 18.7 Å². The number of rotatable bonds is 7. The summed E-state index contributed by atoms with van der Waals surface area (Å²) in [6, 6.07) is 25.4. The first-order chi connectivity index (χ1) is 20.0. The van der Waals surface area contributed by atoms with Crippen LogP contribution in [0.5, 0.6) is 5.88 Å². The van der Waals surface area contributed by atoms with Gasteiger partial charge in [0.25, 0.3) is 5.56 Å². The van der Waals surface area contributed by atoms with Gasteiger partial charge in [-0.1, -0.05) is 72.8 Å². The maximum Gasteiger partial charge on any atom is 0.514 e. The summed E-state index contributed by atoms with van der Waals surface area (Å²) in [5.41, 5.74) is 0.699. The van der Waals surface area contributed by atoms with E-state index < -0.39 is 35.7 Å². The lowest BCUT2D eigenvalue weighted by Crippen LogP contribution is -2.42. The number of para-hydroxylation sites is 1. The highest BCUT2D eigenvalue weighted by Crippen LogP contribution is 2.36. The normalized spacial score (nSPS) is 15.4. The van der Waals surface area contributed by atoms with Crippen molar-refractivity contribution in [3.05, 3.63) is 122 Å². The van der Waals surface area contributed by atoms with E-state index in [1.165, 1.54) is 11.7 Å². The lowest BCUT2D eigenvalue weighted by Gasteiger charge is -2.32. The first-order valence-corrected chi connectivity index (χ1v) is 13.7. The van der Waals surface area contributed by atoms with E-state index >= 15 is 0 Å². The van der Waals surface area contributed by atoms with Gasteiger partial charge in [0.05, 0.1) is 36.1 Å². The van der Waals surface area contributed by atoms with E-state index in [0.717, 1.165) is 21.2 Å². The van der Waals surface area contributed by atoms with Crippen LogP contribution >= 0.6 is 0 Å². The maximum absolute atomic E-state index is 14.0. The number of carbonyl (C=O) groups excluding carboxylic acids is 1. The van der Waals surface area contributed by atoms with E-state index in [0.29, 0.717) is 5.69 Å². The molecule has 1 aliphatic rings. The zero-order chi connectivity index (χ0) is 30.1. The molecule has 0 atom stereocenters. The molecule has 0 unspecified atom stereocenters. The van der Waals surface area contributed by atoms with Gasteiger partial charge in [-0.2, -0.15) is 0 Å². The van der Waals surface area contributed by atoms with Crippen LogP contribution in [0.2, 0.25) is 0 Å². The Morgan fingerprint density at radius 3 is 1.95 bits per heavy atom. The van der Waals surface area contributed by atoms with Crippen molar-refractivity contribution in [1.82, 2.24) is 9.13 Å². The molecule has 1 fully saturated rings. The summed E-state index contributed by atoms with van der Waals surface area (Å²) in [5, 5.41) is 0. The number of nitrogens with zero attached hydrogens (tertiary/aromatic N) is 2. The van der Waals surface area contributed by atoms with Crippen LogP contribution < -0.4 is 21.4 Å². The van der Waals surface area contributed by atoms with Crippen molar-refractivity contribution in [2.24, 2.45) is 0 Å². The van der Waals surface area contributed by atoms with E-state index in [1.54, 1.807) is 30.3 Å². The Morgan fingerprint density at radius 2 is 1.38 bits per heavy atom. The summed E-state index contributed by atoms with van der Waals surface area (Å²) in [6.45, 7) is 8.03. The highest BCUT2D eigenvalue weighted by Gasteiger charge is 2.51. The molecule has 0 N–H and O–H groups in total. The van der Waals surface area contributed by atoms with Crippen LogP contribution in [0, 0.1) is 0 Å². The van der Waals surface area contributed by atoms with Crippen LogP contribution in [0.15, 0.2) is 94.5 Å². The largest absolute Gasteiger partial charge is 0.514 e. The summed E-state index contributed by atoms with van der Waals surface area (Å²) in [5.74, 6) is -0.164. The lowest BCUT2D eigenvalue weighted by atomic mass is 9.78. The van der Waals surface area contributed by atoms with Gasteiger partial charge in [0.15, 0.2) is 0 Å². The van der Waals surface area contributed by atoms with Crippen molar-refractivity contribution in [3.63, 3.8) is 0 Å². The molecule has 1 aliphatic heterocycles. The predicted molar refractivity (Wildman–Crippen MR) is 160 cm³/mol. The third-order valence-corrected chi connectivity index (χ3v) is 7.82. The molecule has 1 aromatic heterocycles. The SMILES string of the molecule is COC(=O)Oc1c(Cc2ccc(B3OC(C)(C)C(C)(C)O3)cc2)c(=O)n(-c2ccccc2)c(=O)n1Cc1ccccc1. The van der Waals surface area contributed by atoms with Crippen LogP contribution in [0.1, 0.15) is 44.4 Å². The fraction of sp³-hybridized carbons (Fsp3) is 0.281. The molecule has 2 heterocycles. The van der Waals surface area contributed by atoms with Gasteiger partial charge in [-0.25, -0.2) is 14.2 Å². The summed E-state index contributed by atoms with van der Waals surface area (Å²) in [6.07, 6.45) is -0.957. The fourth-order valence-corrected chi connectivity index (χ4v) is 4.76. The second-order valence-electron chi connectivity index (χ2n) is 11.2. The Bertz CT molecular complexity index is 1680. The zero-order valence-corrected chi connectivity index (χ0v) is 24.3. The monoisotopic (exact) mass is 568 g/mol. The van der Waals surface area contributed by atoms with Crippen molar-refractivity contribution in [1.29, 1.82) is 0 Å². The average Bonchev–Trinajstić information content (AvgIpc) is 3.20. The van der Waals surface area contributed by atoms with Gasteiger partial charge < -0.3 is 18.8 Å². The van der Waals surface area contributed by atoms with Crippen molar-refractivity contribution in [2.45, 2.75) is 51.9 Å². The van der Waals surface area contributed by atoms with E-state index in [-0.39, 0.29) is 24.4 Å². The smallest absolute Gasteiger partial charge is 0.437 e. The number of methoxy groups -OCH3 is 1. The average molecular weight is 568 g/mol. The summed E-state index contributed by atoms with van der Waals surface area (Å²) < 4.78 is 25.0. The highest BCUT2D eigenvalue weighted by atomic mass is 16.7. The molecule has 0 aliphatic carbocycles. The van der Waals surface area contributed by atoms with Crippen LogP contribution in [-0.2, 0) is 27.0 Å².